The van der Waals surface area contributed by atoms with E-state index in [1.807, 2.05) is 0 Å². The molecular formula is C14H18IN. The second-order valence-electron chi connectivity index (χ2n) is 5.31. The molecule has 0 saturated heterocycles. The van der Waals surface area contributed by atoms with E-state index in [1.165, 1.54) is 40.5 Å². The van der Waals surface area contributed by atoms with Crippen LogP contribution >= 0.6 is 22.6 Å². The number of benzene rings is 1. The number of halogens is 1. The number of aryl methyl sites for hydroxylation is 1. The van der Waals surface area contributed by atoms with E-state index < -0.39 is 0 Å². The molecule has 3 rings (SSSR count). The fourth-order valence-corrected chi connectivity index (χ4v) is 2.92. The molecule has 16 heavy (non-hydrogen) atoms. The molecule has 2 aliphatic rings. The summed E-state index contributed by atoms with van der Waals surface area (Å²) < 4.78 is 1.37. The second kappa shape index (κ2) is 4.21. The van der Waals surface area contributed by atoms with Gasteiger partial charge in [0, 0.05) is 15.3 Å². The van der Waals surface area contributed by atoms with Gasteiger partial charge in [0.1, 0.15) is 0 Å². The molecule has 0 unspecified atom stereocenters. The lowest BCUT2D eigenvalue weighted by Crippen LogP contribution is -2.24. The van der Waals surface area contributed by atoms with Crippen molar-refractivity contribution in [1.29, 1.82) is 0 Å². The minimum atomic E-state index is 0.763. The Bertz CT molecular complexity index is 382. The molecule has 0 aliphatic heterocycles. The highest BCUT2D eigenvalue weighted by Crippen LogP contribution is 2.45. The number of anilines is 1. The molecule has 2 aliphatic carbocycles. The monoisotopic (exact) mass is 327 g/mol. The van der Waals surface area contributed by atoms with Crippen LogP contribution in [0.5, 0.6) is 0 Å². The van der Waals surface area contributed by atoms with E-state index in [-0.39, 0.29) is 0 Å². The smallest absolute Gasteiger partial charge is 0.0353 e. The molecule has 1 aromatic carbocycles. The summed E-state index contributed by atoms with van der Waals surface area (Å²) in [5, 5.41) is 3.77. The predicted octanol–water partition coefficient (Wildman–Crippen LogP) is 4.20. The van der Waals surface area contributed by atoms with E-state index in [0.717, 1.165) is 17.9 Å². The van der Waals surface area contributed by atoms with Crippen LogP contribution in [-0.2, 0) is 0 Å². The van der Waals surface area contributed by atoms with Gasteiger partial charge < -0.3 is 5.32 Å². The first-order valence-electron chi connectivity index (χ1n) is 6.27. The first-order chi connectivity index (χ1) is 7.74. The lowest BCUT2D eigenvalue weighted by Gasteiger charge is -2.19. The minimum Gasteiger partial charge on any atom is -0.382 e. The van der Waals surface area contributed by atoms with E-state index in [0.29, 0.717) is 0 Å². The van der Waals surface area contributed by atoms with Crippen LogP contribution in [-0.4, -0.2) is 6.04 Å². The van der Waals surface area contributed by atoms with Gasteiger partial charge in [-0.25, -0.2) is 0 Å². The Morgan fingerprint density at radius 1 is 1.19 bits per heavy atom. The molecule has 1 nitrogen and oxygen atoms in total. The third-order valence-corrected chi connectivity index (χ3v) is 4.93. The Balaban J connectivity index is 1.73. The van der Waals surface area contributed by atoms with Crippen molar-refractivity contribution in [3.05, 3.63) is 27.3 Å². The first kappa shape index (κ1) is 10.9. The van der Waals surface area contributed by atoms with Gasteiger partial charge in [-0.05, 0) is 84.7 Å². The zero-order valence-corrected chi connectivity index (χ0v) is 11.8. The summed E-state index contributed by atoms with van der Waals surface area (Å²) in [4.78, 5) is 0. The van der Waals surface area contributed by atoms with E-state index in [1.54, 1.807) is 0 Å². The average molecular weight is 327 g/mol. The molecule has 0 radical (unpaired) electrons. The Morgan fingerprint density at radius 3 is 2.31 bits per heavy atom. The molecule has 0 spiro atoms. The fraction of sp³-hybridized carbons (Fsp3) is 0.571. The van der Waals surface area contributed by atoms with Gasteiger partial charge in [0.2, 0.25) is 0 Å². The zero-order valence-electron chi connectivity index (χ0n) is 9.67. The SMILES string of the molecule is Cc1ccc(NC(C2CC2)C2CC2)cc1I. The van der Waals surface area contributed by atoms with E-state index in [4.69, 9.17) is 0 Å². The van der Waals surface area contributed by atoms with Gasteiger partial charge in [0.15, 0.2) is 0 Å². The summed E-state index contributed by atoms with van der Waals surface area (Å²) in [7, 11) is 0. The van der Waals surface area contributed by atoms with Crippen LogP contribution in [0.2, 0.25) is 0 Å². The maximum Gasteiger partial charge on any atom is 0.0353 e. The fourth-order valence-electron chi connectivity index (χ4n) is 2.41. The van der Waals surface area contributed by atoms with Crippen LogP contribution in [0.25, 0.3) is 0 Å². The van der Waals surface area contributed by atoms with Crippen molar-refractivity contribution in [1.82, 2.24) is 0 Å². The van der Waals surface area contributed by atoms with Crippen LogP contribution in [0.15, 0.2) is 18.2 Å². The van der Waals surface area contributed by atoms with Crippen molar-refractivity contribution in [2.24, 2.45) is 11.8 Å². The molecule has 2 heteroatoms. The lowest BCUT2D eigenvalue weighted by molar-refractivity contribution is 0.568. The van der Waals surface area contributed by atoms with Crippen molar-refractivity contribution in [3.8, 4) is 0 Å². The molecule has 0 amide bonds. The maximum absolute atomic E-state index is 3.77. The summed E-state index contributed by atoms with van der Waals surface area (Å²) in [5.41, 5.74) is 2.69. The molecule has 86 valence electrons. The Hall–Kier alpha value is -0.250. The lowest BCUT2D eigenvalue weighted by atomic mass is 10.1. The Labute approximate surface area is 111 Å². The highest BCUT2D eigenvalue weighted by molar-refractivity contribution is 14.1. The van der Waals surface area contributed by atoms with Crippen LogP contribution in [0.3, 0.4) is 0 Å². The molecule has 2 fully saturated rings. The minimum absolute atomic E-state index is 0.763. The summed E-state index contributed by atoms with van der Waals surface area (Å²) in [6.07, 6.45) is 5.77. The number of rotatable bonds is 4. The highest BCUT2D eigenvalue weighted by atomic mass is 127. The van der Waals surface area contributed by atoms with Gasteiger partial charge >= 0.3 is 0 Å². The summed E-state index contributed by atoms with van der Waals surface area (Å²) in [6.45, 7) is 2.17. The number of nitrogens with one attached hydrogen (secondary N) is 1. The normalized spacial score (nSPS) is 20.2. The summed E-state index contributed by atoms with van der Waals surface area (Å²) in [5.74, 6) is 1.93. The molecule has 0 aromatic heterocycles. The molecule has 0 atom stereocenters. The second-order valence-corrected chi connectivity index (χ2v) is 6.47. The van der Waals surface area contributed by atoms with Gasteiger partial charge in [0.25, 0.3) is 0 Å². The van der Waals surface area contributed by atoms with Gasteiger partial charge in [-0.3, -0.25) is 0 Å². The molecule has 2 saturated carbocycles. The topological polar surface area (TPSA) is 12.0 Å². The van der Waals surface area contributed by atoms with Crippen LogP contribution in [0.1, 0.15) is 31.2 Å². The summed E-state index contributed by atoms with van der Waals surface area (Å²) >= 11 is 2.42. The molecular weight excluding hydrogens is 309 g/mol. The van der Waals surface area contributed by atoms with Gasteiger partial charge in [0.05, 0.1) is 0 Å². The van der Waals surface area contributed by atoms with Crippen LogP contribution in [0.4, 0.5) is 5.69 Å². The molecule has 0 bridgehead atoms. The van der Waals surface area contributed by atoms with Crippen molar-refractivity contribution in [3.63, 3.8) is 0 Å². The molecule has 1 aromatic rings. The zero-order chi connectivity index (χ0) is 11.1. The van der Waals surface area contributed by atoms with Gasteiger partial charge in [-0.2, -0.15) is 0 Å². The largest absolute Gasteiger partial charge is 0.382 e. The van der Waals surface area contributed by atoms with E-state index in [9.17, 15) is 0 Å². The Kier molecular flexibility index (Phi) is 2.86. The quantitative estimate of drug-likeness (QED) is 0.818. The van der Waals surface area contributed by atoms with Crippen molar-refractivity contribution < 1.29 is 0 Å². The summed E-state index contributed by atoms with van der Waals surface area (Å²) in [6, 6.07) is 7.50. The van der Waals surface area contributed by atoms with Crippen LogP contribution < -0.4 is 5.32 Å². The molecule has 1 N–H and O–H groups in total. The van der Waals surface area contributed by atoms with Crippen LogP contribution in [0, 0.1) is 22.3 Å². The Morgan fingerprint density at radius 2 is 1.81 bits per heavy atom. The van der Waals surface area contributed by atoms with Crippen molar-refractivity contribution >= 4 is 28.3 Å². The van der Waals surface area contributed by atoms with E-state index in [2.05, 4.69) is 53.0 Å². The maximum atomic E-state index is 3.77. The van der Waals surface area contributed by atoms with Gasteiger partial charge in [-0.15, -0.1) is 0 Å². The number of hydrogen-bond acceptors (Lipinski definition) is 1. The average Bonchev–Trinajstić information content (AvgIpc) is 3.14. The first-order valence-corrected chi connectivity index (χ1v) is 7.34. The third kappa shape index (κ3) is 2.36. The third-order valence-electron chi connectivity index (χ3n) is 3.76. The molecule has 0 heterocycles. The predicted molar refractivity (Wildman–Crippen MR) is 76.8 cm³/mol. The standard InChI is InChI=1S/C14H18IN/c1-9-2-7-12(8-13(9)15)16-14(10-3-4-10)11-5-6-11/h2,7-8,10-11,14,16H,3-6H2,1H3. The van der Waals surface area contributed by atoms with Crippen molar-refractivity contribution in [2.75, 3.05) is 5.32 Å². The van der Waals surface area contributed by atoms with Crippen molar-refractivity contribution in [2.45, 2.75) is 38.6 Å². The highest BCUT2D eigenvalue weighted by Gasteiger charge is 2.41. The number of hydrogen-bond donors (Lipinski definition) is 1. The van der Waals surface area contributed by atoms with Gasteiger partial charge in [-0.1, -0.05) is 6.07 Å². The van der Waals surface area contributed by atoms with E-state index >= 15 is 0 Å².